The molecule has 1 heterocycles. The van der Waals surface area contributed by atoms with Gasteiger partial charge in [0.25, 0.3) is 0 Å². The number of amides is 1. The monoisotopic (exact) mass is 262 g/mol. The molecule has 1 unspecified atom stereocenters. The van der Waals surface area contributed by atoms with Crippen LogP contribution in [0.2, 0.25) is 0 Å². The van der Waals surface area contributed by atoms with E-state index in [-0.39, 0.29) is 23.5 Å². The van der Waals surface area contributed by atoms with E-state index in [1.165, 1.54) is 0 Å². The van der Waals surface area contributed by atoms with Gasteiger partial charge in [0.05, 0.1) is 11.5 Å². The van der Waals surface area contributed by atoms with E-state index in [2.05, 4.69) is 10.6 Å². The number of carbonyl (C=O) groups excluding carboxylic acids is 1. The largest absolute Gasteiger partial charge is 0.356 e. The molecule has 17 heavy (non-hydrogen) atoms. The summed E-state index contributed by atoms with van der Waals surface area (Å²) >= 11 is 0. The lowest BCUT2D eigenvalue weighted by molar-refractivity contribution is -0.121. The van der Waals surface area contributed by atoms with Crippen molar-refractivity contribution in [2.24, 2.45) is 5.92 Å². The lowest BCUT2D eigenvalue weighted by Gasteiger charge is -2.11. The molecule has 0 saturated carbocycles. The second-order valence-corrected chi connectivity index (χ2v) is 7.23. The molecular formula is C11H22N2O3S. The van der Waals surface area contributed by atoms with Crippen LogP contribution in [0.5, 0.6) is 0 Å². The molecule has 1 atom stereocenters. The Balaban J connectivity index is 2.10. The van der Waals surface area contributed by atoms with Crippen LogP contribution in [-0.2, 0) is 14.6 Å². The SMILES string of the molecule is CC(C)CNC(=O)CCNC1CCS(=O)(=O)C1. The van der Waals surface area contributed by atoms with Crippen LogP contribution in [0.25, 0.3) is 0 Å². The molecule has 0 radical (unpaired) electrons. The van der Waals surface area contributed by atoms with Crippen molar-refractivity contribution in [2.75, 3.05) is 24.6 Å². The summed E-state index contributed by atoms with van der Waals surface area (Å²) in [6.45, 7) is 5.32. The Morgan fingerprint density at radius 2 is 2.12 bits per heavy atom. The molecule has 5 nitrogen and oxygen atoms in total. The van der Waals surface area contributed by atoms with Gasteiger partial charge in [-0.1, -0.05) is 13.8 Å². The van der Waals surface area contributed by atoms with Crippen molar-refractivity contribution in [3.05, 3.63) is 0 Å². The number of rotatable bonds is 6. The van der Waals surface area contributed by atoms with Gasteiger partial charge in [-0.15, -0.1) is 0 Å². The number of hydrogen-bond donors (Lipinski definition) is 2. The molecule has 6 heteroatoms. The average Bonchev–Trinajstić information content (AvgIpc) is 2.55. The van der Waals surface area contributed by atoms with Gasteiger partial charge < -0.3 is 10.6 Å². The average molecular weight is 262 g/mol. The van der Waals surface area contributed by atoms with Crippen LogP contribution in [0, 0.1) is 5.92 Å². The van der Waals surface area contributed by atoms with Gasteiger partial charge in [0.2, 0.25) is 5.91 Å². The number of hydrogen-bond acceptors (Lipinski definition) is 4. The van der Waals surface area contributed by atoms with E-state index in [1.807, 2.05) is 13.8 Å². The fourth-order valence-electron chi connectivity index (χ4n) is 1.75. The minimum atomic E-state index is -2.83. The first-order chi connectivity index (χ1) is 7.89. The fraction of sp³-hybridized carbons (Fsp3) is 0.909. The molecule has 0 bridgehead atoms. The first-order valence-electron chi connectivity index (χ1n) is 6.09. The summed E-state index contributed by atoms with van der Waals surface area (Å²) < 4.78 is 22.4. The van der Waals surface area contributed by atoms with Crippen LogP contribution in [0.4, 0.5) is 0 Å². The first kappa shape index (κ1) is 14.4. The van der Waals surface area contributed by atoms with Gasteiger partial charge in [0.1, 0.15) is 0 Å². The third kappa shape index (κ3) is 6.02. The second-order valence-electron chi connectivity index (χ2n) is 5.00. The number of nitrogens with one attached hydrogen (secondary N) is 2. The summed E-state index contributed by atoms with van der Waals surface area (Å²) in [5.41, 5.74) is 0. The number of sulfone groups is 1. The van der Waals surface area contributed by atoms with Crippen molar-refractivity contribution in [1.29, 1.82) is 0 Å². The van der Waals surface area contributed by atoms with Crippen molar-refractivity contribution in [3.8, 4) is 0 Å². The lowest BCUT2D eigenvalue weighted by atomic mass is 10.2. The normalized spacial score (nSPS) is 22.9. The predicted molar refractivity (Wildman–Crippen MR) is 67.5 cm³/mol. The Hall–Kier alpha value is -0.620. The summed E-state index contributed by atoms with van der Waals surface area (Å²) in [6, 6.07) is 0.0258. The quantitative estimate of drug-likeness (QED) is 0.702. The maximum Gasteiger partial charge on any atom is 0.221 e. The molecule has 1 saturated heterocycles. The number of carbonyl (C=O) groups is 1. The summed E-state index contributed by atoms with van der Waals surface area (Å²) in [4.78, 5) is 11.4. The van der Waals surface area contributed by atoms with Crippen LogP contribution in [0.1, 0.15) is 26.7 Å². The first-order valence-corrected chi connectivity index (χ1v) is 7.91. The molecule has 1 rings (SSSR count). The van der Waals surface area contributed by atoms with Gasteiger partial charge in [-0.05, 0) is 12.3 Å². The molecule has 100 valence electrons. The molecule has 1 amide bonds. The zero-order valence-electron chi connectivity index (χ0n) is 10.5. The second kappa shape index (κ2) is 6.35. The molecule has 0 aromatic carbocycles. The molecule has 2 N–H and O–H groups in total. The minimum absolute atomic E-state index is 0.0204. The van der Waals surface area contributed by atoms with Gasteiger partial charge in [-0.3, -0.25) is 4.79 Å². The molecule has 1 fully saturated rings. The third-order valence-electron chi connectivity index (χ3n) is 2.72. The smallest absolute Gasteiger partial charge is 0.221 e. The predicted octanol–water partition coefficient (Wildman–Crippen LogP) is -0.0746. The van der Waals surface area contributed by atoms with Crippen molar-refractivity contribution in [3.63, 3.8) is 0 Å². The summed E-state index contributed by atoms with van der Waals surface area (Å²) in [7, 11) is -2.83. The van der Waals surface area contributed by atoms with Crippen LogP contribution < -0.4 is 10.6 Å². The standard InChI is InChI=1S/C11H22N2O3S/c1-9(2)7-13-11(14)3-5-12-10-4-6-17(15,16)8-10/h9-10,12H,3-8H2,1-2H3,(H,13,14). The Kier molecular flexibility index (Phi) is 5.39. The maximum absolute atomic E-state index is 11.4. The minimum Gasteiger partial charge on any atom is -0.356 e. The zero-order valence-corrected chi connectivity index (χ0v) is 11.3. The topological polar surface area (TPSA) is 75.3 Å². The van der Waals surface area contributed by atoms with E-state index in [1.54, 1.807) is 0 Å². The molecule has 0 aliphatic carbocycles. The van der Waals surface area contributed by atoms with Crippen molar-refractivity contribution >= 4 is 15.7 Å². The highest BCUT2D eigenvalue weighted by Crippen LogP contribution is 2.10. The van der Waals surface area contributed by atoms with Gasteiger partial charge in [-0.25, -0.2) is 8.42 Å². The zero-order chi connectivity index (χ0) is 12.9. The van der Waals surface area contributed by atoms with Crippen molar-refractivity contribution < 1.29 is 13.2 Å². The highest BCUT2D eigenvalue weighted by molar-refractivity contribution is 7.91. The Labute approximate surface area is 103 Å². The molecule has 0 aromatic heterocycles. The maximum atomic E-state index is 11.4. The lowest BCUT2D eigenvalue weighted by Crippen LogP contribution is -2.35. The Bertz CT molecular complexity index is 352. The molecule has 1 aliphatic heterocycles. The van der Waals surface area contributed by atoms with Crippen molar-refractivity contribution in [2.45, 2.75) is 32.7 Å². The molecule has 0 aromatic rings. The van der Waals surface area contributed by atoms with E-state index in [4.69, 9.17) is 0 Å². The van der Waals surface area contributed by atoms with Crippen LogP contribution in [0.15, 0.2) is 0 Å². The van der Waals surface area contributed by atoms with E-state index >= 15 is 0 Å². The van der Waals surface area contributed by atoms with Crippen LogP contribution in [0.3, 0.4) is 0 Å². The molecule has 0 spiro atoms. The van der Waals surface area contributed by atoms with Gasteiger partial charge >= 0.3 is 0 Å². The van der Waals surface area contributed by atoms with Gasteiger partial charge in [0.15, 0.2) is 9.84 Å². The summed E-state index contributed by atoms with van der Waals surface area (Å²) in [5, 5.41) is 5.94. The Morgan fingerprint density at radius 1 is 1.41 bits per heavy atom. The van der Waals surface area contributed by atoms with E-state index in [9.17, 15) is 13.2 Å². The van der Waals surface area contributed by atoms with E-state index in [0.29, 0.717) is 31.8 Å². The van der Waals surface area contributed by atoms with Gasteiger partial charge in [0, 0.05) is 25.6 Å². The van der Waals surface area contributed by atoms with E-state index in [0.717, 1.165) is 0 Å². The van der Waals surface area contributed by atoms with Crippen molar-refractivity contribution in [1.82, 2.24) is 10.6 Å². The van der Waals surface area contributed by atoms with Gasteiger partial charge in [-0.2, -0.15) is 0 Å². The van der Waals surface area contributed by atoms with Crippen LogP contribution >= 0.6 is 0 Å². The Morgan fingerprint density at radius 3 is 2.65 bits per heavy atom. The molecular weight excluding hydrogens is 240 g/mol. The highest BCUT2D eigenvalue weighted by Gasteiger charge is 2.27. The highest BCUT2D eigenvalue weighted by atomic mass is 32.2. The van der Waals surface area contributed by atoms with Crippen LogP contribution in [-0.4, -0.2) is 45.0 Å². The third-order valence-corrected chi connectivity index (χ3v) is 4.49. The molecule has 1 aliphatic rings. The fourth-order valence-corrected chi connectivity index (χ4v) is 3.46. The summed E-state index contributed by atoms with van der Waals surface area (Å²) in [6.07, 6.45) is 1.07. The summed E-state index contributed by atoms with van der Waals surface area (Å²) in [5.74, 6) is 0.948. The van der Waals surface area contributed by atoms with E-state index < -0.39 is 9.84 Å².